The number of alkyl halides is 3. The van der Waals surface area contributed by atoms with E-state index >= 15 is 0 Å². The highest BCUT2D eigenvalue weighted by Gasteiger charge is 2.38. The third-order valence-corrected chi connectivity index (χ3v) is 7.41. The third-order valence-electron chi connectivity index (χ3n) is 3.08. The summed E-state index contributed by atoms with van der Waals surface area (Å²) in [5.74, 6) is 0. The highest BCUT2D eigenvalue weighted by atomic mass is 35.6. The first kappa shape index (κ1) is 18.5. The summed E-state index contributed by atoms with van der Waals surface area (Å²) in [6, 6.07) is 0. The zero-order valence-electron chi connectivity index (χ0n) is 11.3. The van der Waals surface area contributed by atoms with Crippen molar-refractivity contribution in [3.05, 3.63) is 32.6 Å². The summed E-state index contributed by atoms with van der Waals surface area (Å²) in [6.07, 6.45) is 0.799. The predicted octanol–water partition coefficient (Wildman–Crippen LogP) is 2.20. The molecule has 0 aliphatic carbocycles. The van der Waals surface area contributed by atoms with Gasteiger partial charge in [0.1, 0.15) is 6.23 Å². The summed E-state index contributed by atoms with van der Waals surface area (Å²) in [5, 5.41) is 9.25. The van der Waals surface area contributed by atoms with E-state index in [0.717, 1.165) is 10.8 Å². The van der Waals surface area contributed by atoms with Gasteiger partial charge in [0.15, 0.2) is 0 Å². The third kappa shape index (κ3) is 4.59. The van der Waals surface area contributed by atoms with Crippen LogP contribution in [-0.2, 0) is 4.74 Å². The van der Waals surface area contributed by atoms with Crippen molar-refractivity contribution in [2.75, 3.05) is 6.61 Å². The molecule has 2 rings (SSSR count). The minimum atomic E-state index is -1.48. The van der Waals surface area contributed by atoms with Crippen molar-refractivity contribution in [2.45, 2.75) is 34.1 Å². The molecule has 1 aromatic heterocycles. The molecule has 2 heterocycles. The van der Waals surface area contributed by atoms with E-state index in [-0.39, 0.29) is 11.9 Å². The maximum Gasteiger partial charge on any atom is 0.330 e. The minimum absolute atomic E-state index is 0.158. The number of aryl methyl sites for hydroxylation is 1. The Morgan fingerprint density at radius 3 is 2.77 bits per heavy atom. The van der Waals surface area contributed by atoms with Gasteiger partial charge in [0.05, 0.1) is 12.7 Å². The molecule has 1 unspecified atom stereocenters. The molecule has 124 valence electrons. The van der Waals surface area contributed by atoms with Gasteiger partial charge in [-0.3, -0.25) is 14.3 Å². The van der Waals surface area contributed by atoms with Gasteiger partial charge in [0.2, 0.25) is 3.12 Å². The molecule has 0 amide bonds. The zero-order chi connectivity index (χ0) is 16.5. The van der Waals surface area contributed by atoms with E-state index in [1.807, 2.05) is 0 Å². The Hall–Kier alpha value is 0.170. The van der Waals surface area contributed by atoms with Crippen molar-refractivity contribution in [1.82, 2.24) is 9.55 Å². The topological polar surface area (TPSA) is 84.3 Å². The lowest BCUT2D eigenvalue weighted by molar-refractivity contribution is -0.0238. The zero-order valence-corrected chi connectivity index (χ0v) is 15.2. The molecule has 1 fully saturated rings. The number of rotatable bonds is 4. The molecule has 6 nitrogen and oxygen atoms in total. The van der Waals surface area contributed by atoms with Crippen LogP contribution >= 0.6 is 56.4 Å². The van der Waals surface area contributed by atoms with Gasteiger partial charge in [-0.15, -0.1) is 0 Å². The van der Waals surface area contributed by atoms with Gasteiger partial charge < -0.3 is 9.84 Å². The van der Waals surface area contributed by atoms with Crippen LogP contribution < -0.4 is 11.2 Å². The van der Waals surface area contributed by atoms with Crippen molar-refractivity contribution >= 4 is 56.4 Å². The lowest BCUT2D eigenvalue weighted by Gasteiger charge is -2.17. The molecule has 1 aliphatic heterocycles. The van der Waals surface area contributed by atoms with Crippen LogP contribution in [0.25, 0.3) is 0 Å². The van der Waals surface area contributed by atoms with Gasteiger partial charge in [0, 0.05) is 23.4 Å². The molecule has 0 spiro atoms. The van der Waals surface area contributed by atoms with Gasteiger partial charge in [-0.05, 0) is 17.7 Å². The summed E-state index contributed by atoms with van der Waals surface area (Å²) in [6.45, 7) is 1.38. The first-order valence-electron chi connectivity index (χ1n) is 6.21. The van der Waals surface area contributed by atoms with E-state index in [1.165, 1.54) is 21.6 Å². The molecule has 11 heteroatoms. The number of H-pyrrole nitrogens is 1. The number of aromatic nitrogens is 2. The molecule has 3 atom stereocenters. The number of ether oxygens (including phenoxy) is 1. The van der Waals surface area contributed by atoms with Gasteiger partial charge >= 0.3 is 5.69 Å². The van der Waals surface area contributed by atoms with Crippen LogP contribution in [0.2, 0.25) is 0 Å². The van der Waals surface area contributed by atoms with E-state index in [4.69, 9.17) is 39.5 Å². The minimum Gasteiger partial charge on any atom is -0.394 e. The van der Waals surface area contributed by atoms with Crippen molar-refractivity contribution < 1.29 is 9.84 Å². The number of hydrogen-bond donors (Lipinski definition) is 2. The second-order valence-corrected chi connectivity index (χ2v) is 10.3. The number of hydrogen-bond acceptors (Lipinski definition) is 6. The van der Waals surface area contributed by atoms with Crippen molar-refractivity contribution in [1.29, 1.82) is 0 Å². The predicted molar refractivity (Wildman–Crippen MR) is 90.9 cm³/mol. The van der Waals surface area contributed by atoms with E-state index in [0.29, 0.717) is 12.0 Å². The molecule has 1 aromatic rings. The van der Waals surface area contributed by atoms with Crippen LogP contribution in [0.15, 0.2) is 15.8 Å². The van der Waals surface area contributed by atoms with Gasteiger partial charge in [-0.2, -0.15) is 0 Å². The molecule has 0 aromatic carbocycles. The standard InChI is InChI=1S/C11H13Cl3N2O4S2/c1-5-3-16(10(19)15-9(5)18)8-2-7(6(4-17)20-8)21-22-11(12,13)14/h3,6-8,17H,2,4H2,1H3,(H,15,18,19)/t6-,7?,8-/m1/s1. The van der Waals surface area contributed by atoms with Crippen LogP contribution in [0.1, 0.15) is 18.2 Å². The summed E-state index contributed by atoms with van der Waals surface area (Å²) in [7, 11) is 2.32. The highest BCUT2D eigenvalue weighted by molar-refractivity contribution is 8.78. The lowest BCUT2D eigenvalue weighted by atomic mass is 10.2. The fourth-order valence-corrected chi connectivity index (χ4v) is 5.09. The second-order valence-electron chi connectivity index (χ2n) is 4.69. The Kier molecular flexibility index (Phi) is 6.21. The Morgan fingerprint density at radius 1 is 1.50 bits per heavy atom. The van der Waals surface area contributed by atoms with Crippen LogP contribution in [0.5, 0.6) is 0 Å². The molecule has 1 saturated heterocycles. The van der Waals surface area contributed by atoms with Gasteiger partial charge in [0.25, 0.3) is 5.56 Å². The van der Waals surface area contributed by atoms with Gasteiger partial charge in [-0.1, -0.05) is 45.6 Å². The fraction of sp³-hybridized carbons (Fsp3) is 0.636. The molecule has 0 radical (unpaired) electrons. The number of aliphatic hydroxyl groups is 1. The van der Waals surface area contributed by atoms with E-state index in [1.54, 1.807) is 6.92 Å². The SMILES string of the molecule is Cc1cn([C@H]2CC(SSC(Cl)(Cl)Cl)[C@@H](CO)O2)c(=O)[nH]c1=O. The van der Waals surface area contributed by atoms with Crippen LogP contribution in [0.3, 0.4) is 0 Å². The number of aromatic amines is 1. The maximum atomic E-state index is 11.9. The van der Waals surface area contributed by atoms with Crippen molar-refractivity contribution in [2.24, 2.45) is 0 Å². The first-order valence-corrected chi connectivity index (χ1v) is 9.55. The van der Waals surface area contributed by atoms with E-state index in [9.17, 15) is 14.7 Å². The molecule has 2 N–H and O–H groups in total. The smallest absolute Gasteiger partial charge is 0.330 e. The summed E-state index contributed by atoms with van der Waals surface area (Å²) in [4.78, 5) is 25.5. The summed E-state index contributed by atoms with van der Waals surface area (Å²) < 4.78 is 5.51. The number of nitrogens with one attached hydrogen (secondary N) is 1. The normalized spacial score (nSPS) is 25.6. The first-order chi connectivity index (χ1) is 10.2. The van der Waals surface area contributed by atoms with E-state index < -0.39 is 26.7 Å². The number of halogens is 3. The molecule has 0 saturated carbocycles. The van der Waals surface area contributed by atoms with Crippen molar-refractivity contribution in [3.63, 3.8) is 0 Å². The second kappa shape index (κ2) is 7.38. The van der Waals surface area contributed by atoms with Crippen LogP contribution in [0.4, 0.5) is 0 Å². The summed E-state index contributed by atoms with van der Waals surface area (Å²) in [5.41, 5.74) is -0.594. The van der Waals surface area contributed by atoms with Crippen LogP contribution in [0, 0.1) is 6.92 Å². The fourth-order valence-electron chi connectivity index (χ4n) is 2.05. The number of nitrogens with zero attached hydrogens (tertiary/aromatic N) is 1. The quantitative estimate of drug-likeness (QED) is 0.588. The summed E-state index contributed by atoms with van der Waals surface area (Å²) >= 11 is 17.1. The molecular formula is C11H13Cl3N2O4S2. The molecule has 22 heavy (non-hydrogen) atoms. The molecular weight excluding hydrogens is 395 g/mol. The largest absolute Gasteiger partial charge is 0.394 e. The van der Waals surface area contributed by atoms with E-state index in [2.05, 4.69) is 4.98 Å². The molecule has 0 bridgehead atoms. The molecule has 1 aliphatic rings. The Labute approximate surface area is 148 Å². The Morgan fingerprint density at radius 2 is 2.18 bits per heavy atom. The van der Waals surface area contributed by atoms with Gasteiger partial charge in [-0.25, -0.2) is 4.79 Å². The Bertz CT molecular complexity index is 645. The average Bonchev–Trinajstić information content (AvgIpc) is 2.83. The Balaban J connectivity index is 2.16. The van der Waals surface area contributed by atoms with Crippen molar-refractivity contribution in [3.8, 4) is 0 Å². The monoisotopic (exact) mass is 406 g/mol. The maximum absolute atomic E-state index is 11.9. The average molecular weight is 408 g/mol. The highest BCUT2D eigenvalue weighted by Crippen LogP contribution is 2.51. The van der Waals surface area contributed by atoms with Crippen LogP contribution in [-0.4, -0.2) is 35.7 Å². The lowest BCUT2D eigenvalue weighted by Crippen LogP contribution is -2.33. The number of aliphatic hydroxyl groups excluding tert-OH is 1.